The Kier molecular flexibility index (Phi) is 6.97. The van der Waals surface area contributed by atoms with E-state index in [2.05, 4.69) is 119 Å². The first-order valence-electron chi connectivity index (χ1n) is 12.4. The lowest BCUT2D eigenvalue weighted by Crippen LogP contribution is -2.32. The van der Waals surface area contributed by atoms with Crippen LogP contribution in [-0.4, -0.2) is 12.6 Å². The largest absolute Gasteiger partial charge is 0.496 e. The molecule has 1 atom stereocenters. The van der Waals surface area contributed by atoms with Crippen LogP contribution in [0.5, 0.6) is 5.75 Å². The molecule has 2 heteroatoms. The molecule has 0 saturated heterocycles. The third kappa shape index (κ3) is 4.82. The van der Waals surface area contributed by atoms with E-state index in [0.29, 0.717) is 0 Å². The average molecular weight is 452 g/mol. The number of hydrogen-bond donors (Lipinski definition) is 1. The van der Waals surface area contributed by atoms with Gasteiger partial charge < -0.3 is 10.1 Å². The highest BCUT2D eigenvalue weighted by Crippen LogP contribution is 2.46. The maximum atomic E-state index is 5.91. The molecule has 1 aliphatic rings. The predicted octanol–water partition coefficient (Wildman–Crippen LogP) is 8.74. The van der Waals surface area contributed by atoms with Crippen LogP contribution in [0.2, 0.25) is 0 Å². The van der Waals surface area contributed by atoms with Crippen molar-refractivity contribution in [3.8, 4) is 16.9 Å². The van der Waals surface area contributed by atoms with Crippen molar-refractivity contribution in [3.63, 3.8) is 0 Å². The zero-order valence-electron chi connectivity index (χ0n) is 21.4. The predicted molar refractivity (Wildman–Crippen MR) is 148 cm³/mol. The second kappa shape index (κ2) is 9.93. The Hall–Kier alpha value is -3.26. The van der Waals surface area contributed by atoms with Gasteiger partial charge in [-0.3, -0.25) is 0 Å². The van der Waals surface area contributed by atoms with Crippen LogP contribution in [0, 0.1) is 0 Å². The number of aryl methyl sites for hydroxylation is 1. The Morgan fingerprint density at radius 1 is 0.971 bits per heavy atom. The molecule has 1 N–H and O–H groups in total. The van der Waals surface area contributed by atoms with Crippen LogP contribution in [0.25, 0.3) is 22.8 Å². The quantitative estimate of drug-likeness (QED) is 0.388. The highest BCUT2D eigenvalue weighted by molar-refractivity contribution is 5.90. The molecule has 0 fully saturated rings. The fourth-order valence-electron chi connectivity index (χ4n) is 5.28. The van der Waals surface area contributed by atoms with Crippen molar-refractivity contribution in [2.75, 3.05) is 12.4 Å². The minimum atomic E-state index is -0.0726. The minimum absolute atomic E-state index is 0.0726. The van der Waals surface area contributed by atoms with E-state index in [0.717, 1.165) is 18.6 Å². The normalized spacial score (nSPS) is 15.4. The summed E-state index contributed by atoms with van der Waals surface area (Å²) in [7, 11) is 1.78. The van der Waals surface area contributed by atoms with Gasteiger partial charge in [-0.25, -0.2) is 0 Å². The Bertz CT molecular complexity index is 1220. The zero-order valence-corrected chi connectivity index (χ0v) is 21.4. The molecule has 3 aromatic rings. The van der Waals surface area contributed by atoms with Crippen molar-refractivity contribution in [2.45, 2.75) is 58.9 Å². The Balaban J connectivity index is 1.96. The van der Waals surface area contributed by atoms with Crippen molar-refractivity contribution in [1.29, 1.82) is 0 Å². The molecule has 2 nitrogen and oxygen atoms in total. The molecule has 1 aliphatic heterocycles. The molecule has 0 aliphatic carbocycles. The lowest BCUT2D eigenvalue weighted by Gasteiger charge is -2.34. The number of anilines is 1. The Morgan fingerprint density at radius 2 is 1.74 bits per heavy atom. The molecular weight excluding hydrogens is 414 g/mol. The second-order valence-electron chi connectivity index (χ2n) is 9.93. The average Bonchev–Trinajstić information content (AvgIpc) is 2.82. The van der Waals surface area contributed by atoms with E-state index in [1.807, 2.05) is 0 Å². The topological polar surface area (TPSA) is 21.3 Å². The first kappa shape index (κ1) is 23.9. The van der Waals surface area contributed by atoms with Crippen molar-refractivity contribution in [3.05, 3.63) is 95.1 Å². The van der Waals surface area contributed by atoms with Crippen molar-refractivity contribution >= 4 is 17.3 Å². The standard InChI is InChI=1S/C32H37NO/c1-7-12-25-15-11-16-28(34-6)31(25)26-19-20-27-30(23(3)21-32(4,5)33-27)29(26)22(2)17-18-24-13-9-8-10-14-24/h8-11,13-22,33H,7,12H2,1-6H3/b18-17-. The highest BCUT2D eigenvalue weighted by atomic mass is 16.5. The van der Waals surface area contributed by atoms with E-state index in [4.69, 9.17) is 4.74 Å². The monoisotopic (exact) mass is 451 g/mol. The highest BCUT2D eigenvalue weighted by Gasteiger charge is 2.28. The summed E-state index contributed by atoms with van der Waals surface area (Å²) in [5.74, 6) is 1.16. The van der Waals surface area contributed by atoms with Crippen LogP contribution < -0.4 is 10.1 Å². The van der Waals surface area contributed by atoms with Gasteiger partial charge in [0.05, 0.1) is 12.6 Å². The molecule has 176 valence electrons. The third-order valence-electron chi connectivity index (χ3n) is 6.63. The van der Waals surface area contributed by atoms with Gasteiger partial charge in [0.15, 0.2) is 0 Å². The van der Waals surface area contributed by atoms with Crippen molar-refractivity contribution in [1.82, 2.24) is 0 Å². The molecule has 34 heavy (non-hydrogen) atoms. The molecule has 1 heterocycles. The van der Waals surface area contributed by atoms with Crippen molar-refractivity contribution < 1.29 is 4.74 Å². The van der Waals surface area contributed by atoms with E-state index in [9.17, 15) is 0 Å². The van der Waals surface area contributed by atoms with Gasteiger partial charge in [0, 0.05) is 22.7 Å². The number of nitrogens with one attached hydrogen (secondary N) is 1. The first-order valence-corrected chi connectivity index (χ1v) is 12.4. The van der Waals surface area contributed by atoms with E-state index in [-0.39, 0.29) is 11.5 Å². The fraction of sp³-hybridized carbons (Fsp3) is 0.312. The molecule has 4 rings (SSSR count). The molecule has 0 bridgehead atoms. The zero-order chi connectivity index (χ0) is 24.3. The fourth-order valence-corrected chi connectivity index (χ4v) is 5.28. The Labute approximate surface area is 205 Å². The van der Waals surface area contributed by atoms with Crippen molar-refractivity contribution in [2.24, 2.45) is 0 Å². The summed E-state index contributed by atoms with van der Waals surface area (Å²) in [6.45, 7) is 11.2. The van der Waals surface area contributed by atoms with Crippen LogP contribution in [0.4, 0.5) is 5.69 Å². The number of ether oxygens (including phenoxy) is 1. The van der Waals surface area contributed by atoms with Crippen LogP contribution in [0.15, 0.2) is 72.8 Å². The summed E-state index contributed by atoms with van der Waals surface area (Å²) in [4.78, 5) is 0. The van der Waals surface area contributed by atoms with Gasteiger partial charge in [-0.15, -0.1) is 0 Å². The van der Waals surface area contributed by atoms with Gasteiger partial charge in [0.2, 0.25) is 0 Å². The van der Waals surface area contributed by atoms with Crippen LogP contribution >= 0.6 is 0 Å². The molecule has 0 saturated carbocycles. The second-order valence-corrected chi connectivity index (χ2v) is 9.93. The number of benzene rings is 3. The molecule has 0 aromatic heterocycles. The maximum Gasteiger partial charge on any atom is 0.126 e. The van der Waals surface area contributed by atoms with Crippen LogP contribution in [0.1, 0.15) is 69.2 Å². The first-order chi connectivity index (χ1) is 16.3. The molecule has 0 amide bonds. The maximum absolute atomic E-state index is 5.91. The van der Waals surface area contributed by atoms with Gasteiger partial charge in [-0.1, -0.05) is 87.0 Å². The van der Waals surface area contributed by atoms with Gasteiger partial charge >= 0.3 is 0 Å². The number of fused-ring (bicyclic) bond motifs is 1. The summed E-state index contributed by atoms with van der Waals surface area (Å²) in [6.07, 6.45) is 9.04. The SMILES string of the molecule is CCCc1cccc(OC)c1-c1ccc2c(c1C(C)/C=C\c1ccccc1)C(C)=CC(C)(C)N2. The summed E-state index contributed by atoms with van der Waals surface area (Å²) in [5, 5.41) is 3.75. The minimum Gasteiger partial charge on any atom is -0.496 e. The van der Waals surface area contributed by atoms with E-state index in [1.54, 1.807) is 7.11 Å². The molecule has 1 unspecified atom stereocenters. The van der Waals surface area contributed by atoms with E-state index in [1.165, 1.54) is 44.6 Å². The molecular formula is C32H37NO. The number of methoxy groups -OCH3 is 1. The molecule has 0 radical (unpaired) electrons. The van der Waals surface area contributed by atoms with Crippen LogP contribution in [0.3, 0.4) is 0 Å². The Morgan fingerprint density at radius 3 is 2.44 bits per heavy atom. The lowest BCUT2D eigenvalue weighted by atomic mass is 9.79. The number of rotatable bonds is 7. The van der Waals surface area contributed by atoms with E-state index < -0.39 is 0 Å². The molecule has 0 spiro atoms. The smallest absolute Gasteiger partial charge is 0.126 e. The third-order valence-corrected chi connectivity index (χ3v) is 6.63. The summed E-state index contributed by atoms with van der Waals surface area (Å²) in [6, 6.07) is 21.5. The summed E-state index contributed by atoms with van der Waals surface area (Å²) >= 11 is 0. The molecule has 3 aromatic carbocycles. The van der Waals surface area contributed by atoms with Gasteiger partial charge in [-0.05, 0) is 67.2 Å². The number of hydrogen-bond acceptors (Lipinski definition) is 2. The van der Waals surface area contributed by atoms with Crippen LogP contribution in [-0.2, 0) is 6.42 Å². The lowest BCUT2D eigenvalue weighted by molar-refractivity contribution is 0.416. The summed E-state index contributed by atoms with van der Waals surface area (Å²) < 4.78 is 5.91. The van der Waals surface area contributed by atoms with Gasteiger partial charge in [0.25, 0.3) is 0 Å². The van der Waals surface area contributed by atoms with Gasteiger partial charge in [-0.2, -0.15) is 0 Å². The summed E-state index contributed by atoms with van der Waals surface area (Å²) in [5.41, 5.74) is 10.2. The van der Waals surface area contributed by atoms with E-state index >= 15 is 0 Å². The number of allylic oxidation sites excluding steroid dienone is 2. The van der Waals surface area contributed by atoms with Gasteiger partial charge in [0.1, 0.15) is 5.75 Å².